The maximum atomic E-state index is 11.8. The third kappa shape index (κ3) is 3.92. The molecule has 0 saturated heterocycles. The first-order valence-corrected chi connectivity index (χ1v) is 6.30. The summed E-state index contributed by atoms with van der Waals surface area (Å²) in [4.78, 5) is 23.1. The van der Waals surface area contributed by atoms with E-state index in [1.807, 2.05) is 30.3 Å². The van der Waals surface area contributed by atoms with Crippen LogP contribution in [0.4, 0.5) is 5.69 Å². The quantitative estimate of drug-likeness (QED) is 0.679. The number of amides is 1. The van der Waals surface area contributed by atoms with Gasteiger partial charge in [0.15, 0.2) is 5.78 Å². The fourth-order valence-electron chi connectivity index (χ4n) is 1.74. The van der Waals surface area contributed by atoms with Gasteiger partial charge in [-0.3, -0.25) is 9.59 Å². The molecule has 2 rings (SSSR count). The van der Waals surface area contributed by atoms with E-state index in [1.165, 1.54) is 13.0 Å². The average Bonchev–Trinajstić information content (AvgIpc) is 2.46. The highest BCUT2D eigenvalue weighted by molar-refractivity contribution is 6.03. The summed E-state index contributed by atoms with van der Waals surface area (Å²) >= 11 is 0. The lowest BCUT2D eigenvalue weighted by Crippen LogP contribution is -2.08. The first kappa shape index (κ1) is 13.7. The molecule has 1 amide bonds. The van der Waals surface area contributed by atoms with Crippen molar-refractivity contribution in [1.29, 1.82) is 0 Å². The van der Waals surface area contributed by atoms with Gasteiger partial charge >= 0.3 is 0 Å². The van der Waals surface area contributed by atoms with E-state index < -0.39 is 0 Å². The van der Waals surface area contributed by atoms with Crippen molar-refractivity contribution in [3.05, 3.63) is 71.8 Å². The molecule has 100 valence electrons. The number of carbonyl (C=O) groups excluding carboxylic acids is 2. The summed E-state index contributed by atoms with van der Waals surface area (Å²) in [6.45, 7) is 1.50. The maximum Gasteiger partial charge on any atom is 0.248 e. The molecular formula is C17H15NO2. The van der Waals surface area contributed by atoms with Gasteiger partial charge in [-0.2, -0.15) is 0 Å². The Morgan fingerprint density at radius 1 is 1.00 bits per heavy atom. The molecule has 2 aromatic carbocycles. The summed E-state index contributed by atoms with van der Waals surface area (Å²) < 4.78 is 0. The molecule has 0 spiro atoms. The molecule has 0 bridgehead atoms. The molecule has 3 nitrogen and oxygen atoms in total. The van der Waals surface area contributed by atoms with Crippen LogP contribution in [0.25, 0.3) is 6.08 Å². The minimum absolute atomic E-state index is 0.0269. The van der Waals surface area contributed by atoms with E-state index in [2.05, 4.69) is 5.32 Å². The summed E-state index contributed by atoms with van der Waals surface area (Å²) in [5, 5.41) is 2.73. The topological polar surface area (TPSA) is 46.2 Å². The number of ketones is 1. The van der Waals surface area contributed by atoms with Gasteiger partial charge in [0.2, 0.25) is 5.91 Å². The zero-order valence-corrected chi connectivity index (χ0v) is 11.2. The Kier molecular flexibility index (Phi) is 4.45. The first-order valence-electron chi connectivity index (χ1n) is 6.30. The second-order valence-corrected chi connectivity index (χ2v) is 4.37. The number of Topliss-reactive ketones (excluding diaryl/α,β-unsaturated/α-hetero) is 1. The Hall–Kier alpha value is -2.68. The van der Waals surface area contributed by atoms with Gasteiger partial charge in [-0.1, -0.05) is 42.5 Å². The van der Waals surface area contributed by atoms with Crippen LogP contribution in [0.2, 0.25) is 0 Å². The van der Waals surface area contributed by atoms with Gasteiger partial charge in [-0.15, -0.1) is 0 Å². The summed E-state index contributed by atoms with van der Waals surface area (Å²) in [6.07, 6.45) is 3.21. The number of benzene rings is 2. The van der Waals surface area contributed by atoms with Gasteiger partial charge in [0, 0.05) is 17.3 Å². The molecule has 0 heterocycles. The highest BCUT2D eigenvalue weighted by Gasteiger charge is 2.02. The van der Waals surface area contributed by atoms with Crippen LogP contribution in [0.5, 0.6) is 0 Å². The van der Waals surface area contributed by atoms with Crippen molar-refractivity contribution in [2.24, 2.45) is 0 Å². The first-order chi connectivity index (χ1) is 9.65. The second-order valence-electron chi connectivity index (χ2n) is 4.37. The van der Waals surface area contributed by atoms with Crippen molar-refractivity contribution in [3.63, 3.8) is 0 Å². The fourth-order valence-corrected chi connectivity index (χ4v) is 1.74. The SMILES string of the molecule is CC(=O)c1cccc(NC(=O)/C=C/c2ccccc2)c1. The predicted octanol–water partition coefficient (Wildman–Crippen LogP) is 3.54. The summed E-state index contributed by atoms with van der Waals surface area (Å²) in [5.74, 6) is -0.254. The third-order valence-electron chi connectivity index (χ3n) is 2.76. The van der Waals surface area contributed by atoms with Crippen LogP contribution in [0.1, 0.15) is 22.8 Å². The van der Waals surface area contributed by atoms with Gasteiger partial charge in [0.1, 0.15) is 0 Å². The Morgan fingerprint density at radius 3 is 2.45 bits per heavy atom. The van der Waals surface area contributed by atoms with Gasteiger partial charge in [-0.25, -0.2) is 0 Å². The molecule has 0 saturated carbocycles. The molecule has 1 N–H and O–H groups in total. The zero-order valence-electron chi connectivity index (χ0n) is 11.2. The second kappa shape index (κ2) is 6.48. The molecule has 0 atom stereocenters. The lowest BCUT2D eigenvalue weighted by molar-refractivity contribution is -0.111. The van der Waals surface area contributed by atoms with Crippen LogP contribution >= 0.6 is 0 Å². The number of carbonyl (C=O) groups is 2. The molecular weight excluding hydrogens is 250 g/mol. The molecule has 3 heteroatoms. The monoisotopic (exact) mass is 265 g/mol. The highest BCUT2D eigenvalue weighted by atomic mass is 16.1. The van der Waals surface area contributed by atoms with Gasteiger partial charge < -0.3 is 5.32 Å². The lowest BCUT2D eigenvalue weighted by atomic mass is 10.1. The van der Waals surface area contributed by atoms with E-state index >= 15 is 0 Å². The standard InChI is InChI=1S/C17H15NO2/c1-13(19)15-8-5-9-16(12-15)18-17(20)11-10-14-6-3-2-4-7-14/h2-12H,1H3,(H,18,20)/b11-10+. The van der Waals surface area contributed by atoms with Gasteiger partial charge in [0.25, 0.3) is 0 Å². The van der Waals surface area contributed by atoms with Crippen LogP contribution in [-0.2, 0) is 4.79 Å². The molecule has 20 heavy (non-hydrogen) atoms. The fraction of sp³-hybridized carbons (Fsp3) is 0.0588. The molecule has 0 unspecified atom stereocenters. The predicted molar refractivity (Wildman–Crippen MR) is 80.6 cm³/mol. The van der Waals surface area contributed by atoms with E-state index in [-0.39, 0.29) is 11.7 Å². The van der Waals surface area contributed by atoms with Crippen molar-refractivity contribution in [2.75, 3.05) is 5.32 Å². The normalized spacial score (nSPS) is 10.4. The smallest absolute Gasteiger partial charge is 0.248 e. The van der Waals surface area contributed by atoms with Crippen molar-refractivity contribution in [1.82, 2.24) is 0 Å². The van der Waals surface area contributed by atoms with E-state index in [0.29, 0.717) is 11.3 Å². The Bertz CT molecular complexity index is 645. The van der Waals surface area contributed by atoms with Crippen LogP contribution in [0.3, 0.4) is 0 Å². The number of rotatable bonds is 4. The highest BCUT2D eigenvalue weighted by Crippen LogP contribution is 2.11. The maximum absolute atomic E-state index is 11.8. The van der Waals surface area contributed by atoms with Crippen molar-refractivity contribution in [2.45, 2.75) is 6.92 Å². The molecule has 0 aliphatic carbocycles. The molecule has 0 aliphatic heterocycles. The third-order valence-corrected chi connectivity index (χ3v) is 2.76. The zero-order chi connectivity index (χ0) is 14.4. The Labute approximate surface area is 117 Å². The number of hydrogen-bond donors (Lipinski definition) is 1. The van der Waals surface area contributed by atoms with Gasteiger partial charge in [-0.05, 0) is 30.7 Å². The van der Waals surface area contributed by atoms with Crippen LogP contribution in [-0.4, -0.2) is 11.7 Å². The molecule has 0 radical (unpaired) electrons. The van der Waals surface area contributed by atoms with E-state index in [1.54, 1.807) is 30.3 Å². The summed E-state index contributed by atoms with van der Waals surface area (Å²) in [7, 11) is 0. The Balaban J connectivity index is 2.03. The van der Waals surface area contributed by atoms with Crippen LogP contribution in [0.15, 0.2) is 60.7 Å². The van der Waals surface area contributed by atoms with Crippen molar-refractivity contribution in [3.8, 4) is 0 Å². The number of hydrogen-bond acceptors (Lipinski definition) is 2. The van der Waals surface area contributed by atoms with Crippen LogP contribution < -0.4 is 5.32 Å². The summed E-state index contributed by atoms with van der Waals surface area (Å²) in [5.41, 5.74) is 2.15. The molecule has 0 aliphatic rings. The van der Waals surface area contributed by atoms with Crippen LogP contribution in [0, 0.1) is 0 Å². The minimum Gasteiger partial charge on any atom is -0.322 e. The molecule has 0 aromatic heterocycles. The number of anilines is 1. The van der Waals surface area contributed by atoms with E-state index in [4.69, 9.17) is 0 Å². The number of nitrogens with one attached hydrogen (secondary N) is 1. The summed E-state index contributed by atoms with van der Waals surface area (Å²) in [6, 6.07) is 16.5. The average molecular weight is 265 g/mol. The largest absolute Gasteiger partial charge is 0.322 e. The van der Waals surface area contributed by atoms with E-state index in [0.717, 1.165) is 5.56 Å². The molecule has 0 fully saturated rings. The van der Waals surface area contributed by atoms with Crippen molar-refractivity contribution < 1.29 is 9.59 Å². The molecule has 2 aromatic rings. The lowest BCUT2D eigenvalue weighted by Gasteiger charge is -2.03. The van der Waals surface area contributed by atoms with Gasteiger partial charge in [0.05, 0.1) is 0 Å². The minimum atomic E-state index is -0.227. The van der Waals surface area contributed by atoms with E-state index in [9.17, 15) is 9.59 Å². The van der Waals surface area contributed by atoms with Crippen molar-refractivity contribution >= 4 is 23.5 Å². The Morgan fingerprint density at radius 2 is 1.75 bits per heavy atom.